The Labute approximate surface area is 119 Å². The summed E-state index contributed by atoms with van der Waals surface area (Å²) < 4.78 is 0. The highest BCUT2D eigenvalue weighted by molar-refractivity contribution is 6.02. The van der Waals surface area contributed by atoms with Crippen LogP contribution in [0.5, 0.6) is 0 Å². The zero-order chi connectivity index (χ0) is 14.7. The van der Waals surface area contributed by atoms with Gasteiger partial charge in [-0.3, -0.25) is 9.59 Å². The highest BCUT2D eigenvalue weighted by Crippen LogP contribution is 2.24. The molecule has 20 heavy (non-hydrogen) atoms. The van der Waals surface area contributed by atoms with Crippen LogP contribution in [0.3, 0.4) is 0 Å². The molecular formula is C15H21N3O2. The summed E-state index contributed by atoms with van der Waals surface area (Å²) in [5.74, 6) is -0.555. The number of anilines is 1. The molecule has 1 saturated heterocycles. The van der Waals surface area contributed by atoms with Gasteiger partial charge in [0.1, 0.15) is 6.04 Å². The van der Waals surface area contributed by atoms with Crippen LogP contribution in [0.15, 0.2) is 24.3 Å². The van der Waals surface area contributed by atoms with E-state index in [9.17, 15) is 9.59 Å². The third-order valence-corrected chi connectivity index (χ3v) is 3.44. The lowest BCUT2D eigenvalue weighted by Gasteiger charge is -2.24. The predicted octanol–water partition coefficient (Wildman–Crippen LogP) is 1.60. The van der Waals surface area contributed by atoms with Crippen molar-refractivity contribution in [3.63, 3.8) is 0 Å². The van der Waals surface area contributed by atoms with E-state index in [1.165, 1.54) is 0 Å². The Balaban J connectivity index is 2.27. The first-order valence-electron chi connectivity index (χ1n) is 6.96. The molecule has 2 amide bonds. The molecule has 5 nitrogen and oxygen atoms in total. The van der Waals surface area contributed by atoms with Gasteiger partial charge in [-0.1, -0.05) is 12.1 Å². The monoisotopic (exact) mass is 275 g/mol. The Morgan fingerprint density at radius 3 is 2.70 bits per heavy atom. The Morgan fingerprint density at radius 1 is 1.35 bits per heavy atom. The lowest BCUT2D eigenvalue weighted by atomic mass is 10.1. The fourth-order valence-corrected chi connectivity index (χ4v) is 2.57. The quantitative estimate of drug-likeness (QED) is 0.876. The standard InChI is InChI=1S/C15H21N3O2/c1-10(2)17-12-7-4-3-6-11(12)15(20)18-9-5-8-13(18)14(16)19/h3-4,6-7,10,13,17H,5,8-9H2,1-2H3,(H2,16,19). The average Bonchev–Trinajstić information content (AvgIpc) is 2.87. The van der Waals surface area contributed by atoms with Crippen molar-refractivity contribution in [1.29, 1.82) is 0 Å². The Hall–Kier alpha value is -2.04. The minimum atomic E-state index is -0.477. The summed E-state index contributed by atoms with van der Waals surface area (Å²) in [4.78, 5) is 25.7. The second-order valence-electron chi connectivity index (χ2n) is 5.40. The van der Waals surface area contributed by atoms with Crippen LogP contribution in [0.2, 0.25) is 0 Å². The number of benzene rings is 1. The van der Waals surface area contributed by atoms with E-state index in [0.717, 1.165) is 12.1 Å². The second kappa shape index (κ2) is 5.94. The maximum absolute atomic E-state index is 12.6. The van der Waals surface area contributed by atoms with Gasteiger partial charge in [0.2, 0.25) is 5.91 Å². The molecule has 0 saturated carbocycles. The summed E-state index contributed by atoms with van der Waals surface area (Å²) in [5.41, 5.74) is 6.76. The fraction of sp³-hybridized carbons (Fsp3) is 0.467. The summed E-state index contributed by atoms with van der Waals surface area (Å²) in [7, 11) is 0. The molecule has 108 valence electrons. The number of nitrogens with two attached hydrogens (primary N) is 1. The van der Waals surface area contributed by atoms with Crippen LogP contribution in [0.25, 0.3) is 0 Å². The molecule has 3 N–H and O–H groups in total. The van der Waals surface area contributed by atoms with E-state index < -0.39 is 11.9 Å². The highest BCUT2D eigenvalue weighted by atomic mass is 16.2. The number of primary amides is 1. The van der Waals surface area contributed by atoms with Crippen molar-refractivity contribution in [2.45, 2.75) is 38.8 Å². The van der Waals surface area contributed by atoms with Gasteiger partial charge in [-0.15, -0.1) is 0 Å². The lowest BCUT2D eigenvalue weighted by Crippen LogP contribution is -2.43. The second-order valence-corrected chi connectivity index (χ2v) is 5.40. The SMILES string of the molecule is CC(C)Nc1ccccc1C(=O)N1CCCC1C(N)=O. The molecule has 1 fully saturated rings. The maximum atomic E-state index is 12.6. The molecule has 0 bridgehead atoms. The Kier molecular flexibility index (Phi) is 4.27. The third-order valence-electron chi connectivity index (χ3n) is 3.44. The maximum Gasteiger partial charge on any atom is 0.256 e. The number of nitrogens with zero attached hydrogens (tertiary/aromatic N) is 1. The minimum Gasteiger partial charge on any atom is -0.382 e. The van der Waals surface area contributed by atoms with Gasteiger partial charge in [0.05, 0.1) is 5.56 Å². The predicted molar refractivity (Wildman–Crippen MR) is 78.5 cm³/mol. The van der Waals surface area contributed by atoms with Crippen LogP contribution in [0, 0.1) is 0 Å². The summed E-state index contributed by atoms with van der Waals surface area (Å²) in [6, 6.07) is 7.13. The first-order valence-corrected chi connectivity index (χ1v) is 6.96. The number of para-hydroxylation sites is 1. The van der Waals surface area contributed by atoms with Gasteiger partial charge in [0.25, 0.3) is 5.91 Å². The molecule has 1 atom stereocenters. The number of rotatable bonds is 4. The largest absolute Gasteiger partial charge is 0.382 e. The van der Waals surface area contributed by atoms with Crippen LogP contribution in [0.1, 0.15) is 37.0 Å². The first kappa shape index (κ1) is 14.4. The van der Waals surface area contributed by atoms with E-state index in [4.69, 9.17) is 5.73 Å². The normalized spacial score (nSPS) is 18.4. The summed E-state index contributed by atoms with van der Waals surface area (Å²) in [6.07, 6.45) is 1.47. The van der Waals surface area contributed by atoms with E-state index in [1.54, 1.807) is 11.0 Å². The molecular weight excluding hydrogens is 254 g/mol. The van der Waals surface area contributed by atoms with Crippen molar-refractivity contribution >= 4 is 17.5 Å². The molecule has 1 aliphatic heterocycles. The van der Waals surface area contributed by atoms with E-state index >= 15 is 0 Å². The Bertz CT molecular complexity index is 514. The van der Waals surface area contributed by atoms with E-state index in [2.05, 4.69) is 5.32 Å². The smallest absolute Gasteiger partial charge is 0.256 e. The highest BCUT2D eigenvalue weighted by Gasteiger charge is 2.33. The number of carbonyl (C=O) groups is 2. The van der Waals surface area contributed by atoms with Crippen LogP contribution in [-0.2, 0) is 4.79 Å². The number of hydrogen-bond acceptors (Lipinski definition) is 3. The van der Waals surface area contributed by atoms with Crippen molar-refractivity contribution in [3.8, 4) is 0 Å². The molecule has 1 aromatic carbocycles. The molecule has 2 rings (SSSR count). The zero-order valence-corrected chi connectivity index (χ0v) is 11.9. The molecule has 1 aliphatic rings. The van der Waals surface area contributed by atoms with Gasteiger partial charge < -0.3 is 16.0 Å². The van der Waals surface area contributed by atoms with Crippen molar-refractivity contribution in [2.24, 2.45) is 5.73 Å². The number of carbonyl (C=O) groups excluding carboxylic acids is 2. The van der Waals surface area contributed by atoms with Crippen LogP contribution in [-0.4, -0.2) is 35.3 Å². The van der Waals surface area contributed by atoms with E-state index in [0.29, 0.717) is 18.5 Å². The Morgan fingerprint density at radius 2 is 2.05 bits per heavy atom. The molecule has 0 aromatic heterocycles. The average molecular weight is 275 g/mol. The van der Waals surface area contributed by atoms with Crippen LogP contribution < -0.4 is 11.1 Å². The van der Waals surface area contributed by atoms with Gasteiger partial charge in [-0.25, -0.2) is 0 Å². The topological polar surface area (TPSA) is 75.4 Å². The molecule has 1 heterocycles. The van der Waals surface area contributed by atoms with Crippen molar-refractivity contribution in [1.82, 2.24) is 4.90 Å². The lowest BCUT2D eigenvalue weighted by molar-refractivity contribution is -0.121. The number of likely N-dealkylation sites (tertiary alicyclic amines) is 1. The molecule has 5 heteroatoms. The molecule has 0 spiro atoms. The van der Waals surface area contributed by atoms with Gasteiger partial charge >= 0.3 is 0 Å². The number of nitrogens with one attached hydrogen (secondary N) is 1. The van der Waals surface area contributed by atoms with Gasteiger partial charge in [-0.2, -0.15) is 0 Å². The summed E-state index contributed by atoms with van der Waals surface area (Å²) >= 11 is 0. The van der Waals surface area contributed by atoms with Gasteiger partial charge in [0.15, 0.2) is 0 Å². The zero-order valence-electron chi connectivity index (χ0n) is 11.9. The van der Waals surface area contributed by atoms with Gasteiger partial charge in [-0.05, 0) is 38.8 Å². The first-order chi connectivity index (χ1) is 9.50. The summed E-state index contributed by atoms with van der Waals surface area (Å²) in [5, 5.41) is 3.26. The molecule has 1 unspecified atom stereocenters. The van der Waals surface area contributed by atoms with Crippen molar-refractivity contribution in [2.75, 3.05) is 11.9 Å². The van der Waals surface area contributed by atoms with Gasteiger partial charge in [0, 0.05) is 18.3 Å². The fourth-order valence-electron chi connectivity index (χ4n) is 2.57. The molecule has 0 radical (unpaired) electrons. The van der Waals surface area contributed by atoms with Crippen LogP contribution in [0.4, 0.5) is 5.69 Å². The molecule has 0 aliphatic carbocycles. The van der Waals surface area contributed by atoms with Crippen molar-refractivity contribution in [3.05, 3.63) is 29.8 Å². The van der Waals surface area contributed by atoms with Crippen molar-refractivity contribution < 1.29 is 9.59 Å². The van der Waals surface area contributed by atoms with Crippen LogP contribution >= 0.6 is 0 Å². The number of amides is 2. The van der Waals surface area contributed by atoms with E-state index in [1.807, 2.05) is 32.0 Å². The molecule has 1 aromatic rings. The minimum absolute atomic E-state index is 0.130. The third kappa shape index (κ3) is 2.92. The number of hydrogen-bond donors (Lipinski definition) is 2. The summed E-state index contributed by atoms with van der Waals surface area (Å²) in [6.45, 7) is 4.62. The van der Waals surface area contributed by atoms with E-state index in [-0.39, 0.29) is 11.9 Å².